The van der Waals surface area contributed by atoms with Crippen LogP contribution in [0.4, 0.5) is 5.69 Å². The Morgan fingerprint density at radius 3 is 2.57 bits per heavy atom. The van der Waals surface area contributed by atoms with Crippen LogP contribution < -0.4 is 11.1 Å². The lowest BCUT2D eigenvalue weighted by molar-refractivity contribution is -0.166. The van der Waals surface area contributed by atoms with Gasteiger partial charge >= 0.3 is 0 Å². The summed E-state index contributed by atoms with van der Waals surface area (Å²) in [7, 11) is 0. The summed E-state index contributed by atoms with van der Waals surface area (Å²) in [6, 6.07) is 8.76. The Labute approximate surface area is 125 Å². The smallest absolute Gasteiger partial charge is 0.245 e. The SMILES string of the molecule is CCOC1CC(N)(C(=O)Nc2ccc(C#N)cc2)C1(C)C. The summed E-state index contributed by atoms with van der Waals surface area (Å²) in [5.41, 5.74) is 6.13. The second-order valence-electron chi connectivity index (χ2n) is 5.98. The zero-order valence-electron chi connectivity index (χ0n) is 12.6. The fourth-order valence-electron chi connectivity index (χ4n) is 2.69. The van der Waals surface area contributed by atoms with E-state index in [-0.39, 0.29) is 12.0 Å². The van der Waals surface area contributed by atoms with Gasteiger partial charge in [-0.2, -0.15) is 5.26 Å². The zero-order valence-corrected chi connectivity index (χ0v) is 12.6. The predicted octanol–water partition coefficient (Wildman–Crippen LogP) is 2.03. The minimum atomic E-state index is -0.944. The molecule has 2 unspecified atom stereocenters. The summed E-state index contributed by atoms with van der Waals surface area (Å²) < 4.78 is 5.62. The van der Waals surface area contributed by atoms with Crippen LogP contribution in [0.1, 0.15) is 32.8 Å². The van der Waals surface area contributed by atoms with Crippen molar-refractivity contribution in [2.75, 3.05) is 11.9 Å². The number of nitrogens with two attached hydrogens (primary N) is 1. The molecule has 0 bridgehead atoms. The van der Waals surface area contributed by atoms with E-state index in [1.165, 1.54) is 0 Å². The number of nitrogens with one attached hydrogen (secondary N) is 1. The number of carbonyl (C=O) groups is 1. The predicted molar refractivity (Wildman–Crippen MR) is 80.5 cm³/mol. The van der Waals surface area contributed by atoms with E-state index in [0.29, 0.717) is 24.3 Å². The van der Waals surface area contributed by atoms with E-state index >= 15 is 0 Å². The van der Waals surface area contributed by atoms with Crippen LogP contribution in [0.5, 0.6) is 0 Å². The van der Waals surface area contributed by atoms with Crippen LogP contribution in [0.3, 0.4) is 0 Å². The summed E-state index contributed by atoms with van der Waals surface area (Å²) in [5, 5.41) is 11.6. The quantitative estimate of drug-likeness (QED) is 0.887. The van der Waals surface area contributed by atoms with E-state index in [4.69, 9.17) is 15.7 Å². The van der Waals surface area contributed by atoms with Crippen molar-refractivity contribution in [1.82, 2.24) is 0 Å². The molecule has 1 aliphatic rings. The Kier molecular flexibility index (Phi) is 4.04. The number of rotatable bonds is 4. The van der Waals surface area contributed by atoms with Gasteiger partial charge in [-0.05, 0) is 31.2 Å². The van der Waals surface area contributed by atoms with E-state index in [9.17, 15) is 4.79 Å². The lowest BCUT2D eigenvalue weighted by Gasteiger charge is -2.57. The zero-order chi connectivity index (χ0) is 15.7. The molecule has 2 atom stereocenters. The first-order valence-electron chi connectivity index (χ1n) is 7.07. The molecule has 5 heteroatoms. The molecule has 1 amide bonds. The Hall–Kier alpha value is -1.90. The summed E-state index contributed by atoms with van der Waals surface area (Å²) in [5.74, 6) is -0.215. The molecule has 5 nitrogen and oxygen atoms in total. The van der Waals surface area contributed by atoms with Crippen LogP contribution in [0.2, 0.25) is 0 Å². The highest BCUT2D eigenvalue weighted by molar-refractivity contribution is 5.99. The van der Waals surface area contributed by atoms with Crippen molar-refractivity contribution in [3.8, 4) is 6.07 Å². The molecule has 0 saturated heterocycles. The highest BCUT2D eigenvalue weighted by Gasteiger charge is 2.62. The number of amides is 1. The molecule has 1 aromatic rings. The molecule has 0 aromatic heterocycles. The highest BCUT2D eigenvalue weighted by atomic mass is 16.5. The molecule has 21 heavy (non-hydrogen) atoms. The van der Waals surface area contributed by atoms with E-state index in [1.807, 2.05) is 26.8 Å². The van der Waals surface area contributed by atoms with Gasteiger partial charge in [-0.15, -0.1) is 0 Å². The molecule has 1 aliphatic carbocycles. The van der Waals surface area contributed by atoms with Gasteiger partial charge in [0.15, 0.2) is 0 Å². The van der Waals surface area contributed by atoms with Crippen molar-refractivity contribution in [1.29, 1.82) is 5.26 Å². The lowest BCUT2D eigenvalue weighted by atomic mass is 9.54. The Bertz CT molecular complexity index is 574. The second-order valence-corrected chi connectivity index (χ2v) is 5.98. The minimum absolute atomic E-state index is 0.000727. The van der Waals surface area contributed by atoms with Gasteiger partial charge in [0.2, 0.25) is 5.91 Å². The summed E-state index contributed by atoms with van der Waals surface area (Å²) >= 11 is 0. The number of nitriles is 1. The number of ether oxygens (including phenoxy) is 1. The molecule has 0 radical (unpaired) electrons. The molecule has 0 aliphatic heterocycles. The van der Waals surface area contributed by atoms with Crippen molar-refractivity contribution in [3.05, 3.63) is 29.8 Å². The fraction of sp³-hybridized carbons (Fsp3) is 0.500. The number of benzene rings is 1. The second kappa shape index (κ2) is 5.47. The van der Waals surface area contributed by atoms with Gasteiger partial charge in [-0.25, -0.2) is 0 Å². The molecule has 1 saturated carbocycles. The maximum Gasteiger partial charge on any atom is 0.245 e. The monoisotopic (exact) mass is 287 g/mol. The normalized spacial score (nSPS) is 26.5. The number of hydrogen-bond acceptors (Lipinski definition) is 4. The van der Waals surface area contributed by atoms with Crippen molar-refractivity contribution < 1.29 is 9.53 Å². The van der Waals surface area contributed by atoms with Crippen LogP contribution in [0.25, 0.3) is 0 Å². The third-order valence-electron chi connectivity index (χ3n) is 4.51. The summed E-state index contributed by atoms with van der Waals surface area (Å²) in [4.78, 5) is 12.5. The molecule has 1 aromatic carbocycles. The van der Waals surface area contributed by atoms with E-state index < -0.39 is 11.0 Å². The fourth-order valence-corrected chi connectivity index (χ4v) is 2.69. The molecule has 112 valence electrons. The number of hydrogen-bond donors (Lipinski definition) is 2. The molecule has 0 spiro atoms. The van der Waals surface area contributed by atoms with Crippen molar-refractivity contribution in [2.45, 2.75) is 38.8 Å². The first-order valence-corrected chi connectivity index (χ1v) is 7.07. The third kappa shape index (κ3) is 2.53. The summed E-state index contributed by atoms with van der Waals surface area (Å²) in [6.07, 6.45) is 0.509. The average Bonchev–Trinajstić information content (AvgIpc) is 2.47. The van der Waals surface area contributed by atoms with Crippen LogP contribution in [0, 0.1) is 16.7 Å². The lowest BCUT2D eigenvalue weighted by Crippen LogP contribution is -2.74. The highest BCUT2D eigenvalue weighted by Crippen LogP contribution is 2.50. The minimum Gasteiger partial charge on any atom is -0.378 e. The van der Waals surface area contributed by atoms with Crippen LogP contribution in [-0.4, -0.2) is 24.2 Å². The van der Waals surface area contributed by atoms with E-state index in [1.54, 1.807) is 24.3 Å². The molecule has 3 N–H and O–H groups in total. The van der Waals surface area contributed by atoms with Crippen LogP contribution in [-0.2, 0) is 9.53 Å². The van der Waals surface area contributed by atoms with Gasteiger partial charge in [0.25, 0.3) is 0 Å². The standard InChI is InChI=1S/C16H21N3O2/c1-4-21-13-9-16(18,15(13,2)3)14(20)19-12-7-5-11(10-17)6-8-12/h5-8,13H,4,9,18H2,1-3H3,(H,19,20). The van der Waals surface area contributed by atoms with Gasteiger partial charge in [-0.1, -0.05) is 13.8 Å². The van der Waals surface area contributed by atoms with Crippen molar-refractivity contribution in [3.63, 3.8) is 0 Å². The first-order chi connectivity index (χ1) is 9.85. The van der Waals surface area contributed by atoms with Gasteiger partial charge in [0.1, 0.15) is 5.54 Å². The van der Waals surface area contributed by atoms with Crippen LogP contribution >= 0.6 is 0 Å². The van der Waals surface area contributed by atoms with Gasteiger partial charge < -0.3 is 15.8 Å². The Balaban J connectivity index is 2.08. The maximum absolute atomic E-state index is 12.5. The molecular weight excluding hydrogens is 266 g/mol. The topological polar surface area (TPSA) is 88.1 Å². The Morgan fingerprint density at radius 2 is 2.10 bits per heavy atom. The largest absolute Gasteiger partial charge is 0.378 e. The average molecular weight is 287 g/mol. The van der Waals surface area contributed by atoms with Gasteiger partial charge in [-0.3, -0.25) is 4.79 Å². The third-order valence-corrected chi connectivity index (χ3v) is 4.51. The van der Waals surface area contributed by atoms with E-state index in [0.717, 1.165) is 0 Å². The molecule has 0 heterocycles. The van der Waals surface area contributed by atoms with Gasteiger partial charge in [0, 0.05) is 24.1 Å². The van der Waals surface area contributed by atoms with Crippen LogP contribution in [0.15, 0.2) is 24.3 Å². The number of anilines is 1. The Morgan fingerprint density at radius 1 is 1.48 bits per heavy atom. The van der Waals surface area contributed by atoms with Gasteiger partial charge in [0.05, 0.1) is 17.7 Å². The molecule has 2 rings (SSSR count). The van der Waals surface area contributed by atoms with Crippen molar-refractivity contribution in [2.24, 2.45) is 11.1 Å². The van der Waals surface area contributed by atoms with E-state index in [2.05, 4.69) is 5.32 Å². The maximum atomic E-state index is 12.5. The molecule has 1 fully saturated rings. The molecular formula is C16H21N3O2. The first kappa shape index (κ1) is 15.5. The van der Waals surface area contributed by atoms with Crippen molar-refractivity contribution >= 4 is 11.6 Å². The number of carbonyl (C=O) groups excluding carboxylic acids is 1. The summed E-state index contributed by atoms with van der Waals surface area (Å²) in [6.45, 7) is 6.45. The number of nitrogens with zero attached hydrogens (tertiary/aromatic N) is 1.